The molecule has 0 aliphatic carbocycles. The van der Waals surface area contributed by atoms with Gasteiger partial charge in [0, 0.05) is 16.1 Å². The topological polar surface area (TPSA) is 89.4 Å². The number of azo groups is 1. The Morgan fingerprint density at radius 3 is 2.29 bits per heavy atom. The van der Waals surface area contributed by atoms with Crippen LogP contribution in [-0.4, -0.2) is 32.0 Å². The lowest BCUT2D eigenvalue weighted by atomic mass is 10.2. The number of Topliss-reactive ketones (excluding diaryl/α,β-unsaturated/α-hetero) is 1. The van der Waals surface area contributed by atoms with Gasteiger partial charge in [0.15, 0.2) is 17.3 Å². The average molecular weight is 424 g/mol. The first-order valence-electron chi connectivity index (χ1n) is 8.16. The van der Waals surface area contributed by atoms with Gasteiger partial charge in [0.25, 0.3) is 5.91 Å². The maximum Gasteiger partial charge on any atom is 0.258 e. The van der Waals surface area contributed by atoms with Crippen molar-refractivity contribution < 1.29 is 19.1 Å². The van der Waals surface area contributed by atoms with Gasteiger partial charge in [0.2, 0.25) is 6.04 Å². The van der Waals surface area contributed by atoms with Gasteiger partial charge in [-0.15, -0.1) is 0 Å². The molecule has 0 aromatic heterocycles. The number of benzene rings is 2. The molecule has 0 heterocycles. The fraction of sp³-hybridized carbons (Fsp3) is 0.263. The number of hydrogen-bond acceptors (Lipinski definition) is 6. The minimum atomic E-state index is -1.35. The van der Waals surface area contributed by atoms with Gasteiger partial charge in [-0.2, -0.15) is 10.2 Å². The maximum absolute atomic E-state index is 12.6. The molecular formula is C19H19Cl2N3O4. The minimum Gasteiger partial charge on any atom is -0.493 e. The molecule has 0 saturated carbocycles. The van der Waals surface area contributed by atoms with Crippen LogP contribution in [0.15, 0.2) is 40.6 Å². The number of carbonyl (C=O) groups excluding carboxylic acids is 2. The number of nitrogens with zero attached hydrogens (tertiary/aromatic N) is 2. The highest BCUT2D eigenvalue weighted by Crippen LogP contribution is 2.38. The molecule has 0 aliphatic rings. The molecule has 7 nitrogen and oxygen atoms in total. The molecule has 0 spiro atoms. The summed E-state index contributed by atoms with van der Waals surface area (Å²) >= 11 is 12.0. The zero-order valence-corrected chi connectivity index (χ0v) is 17.3. The van der Waals surface area contributed by atoms with Crippen molar-refractivity contribution >= 4 is 46.3 Å². The standard InChI is InChI=1S/C19H19Cl2N3O4/c1-10-5-12(20)7-14(6-10)23-24-17(11(2)25)19(26)22-15-8-13(21)9-16(27-3)18(15)28-4/h5-9,17H,1-4H3,(H,22,26). The van der Waals surface area contributed by atoms with E-state index in [1.165, 1.54) is 27.2 Å². The van der Waals surface area contributed by atoms with Gasteiger partial charge in [-0.25, -0.2) is 0 Å². The number of rotatable bonds is 7. The third-order valence-electron chi connectivity index (χ3n) is 3.65. The summed E-state index contributed by atoms with van der Waals surface area (Å²) in [6.45, 7) is 3.10. The van der Waals surface area contributed by atoms with Gasteiger partial charge in [-0.3, -0.25) is 9.59 Å². The smallest absolute Gasteiger partial charge is 0.258 e. The van der Waals surface area contributed by atoms with Crippen molar-refractivity contribution in [3.63, 3.8) is 0 Å². The summed E-state index contributed by atoms with van der Waals surface area (Å²) in [5.74, 6) is -0.559. The lowest BCUT2D eigenvalue weighted by molar-refractivity contribution is -0.126. The molecule has 9 heteroatoms. The SMILES string of the molecule is COc1cc(Cl)cc(NC(=O)C(N=Nc2cc(C)cc(Cl)c2)C(C)=O)c1OC. The monoisotopic (exact) mass is 423 g/mol. The van der Waals surface area contributed by atoms with E-state index in [0.29, 0.717) is 21.5 Å². The highest BCUT2D eigenvalue weighted by Gasteiger charge is 2.25. The van der Waals surface area contributed by atoms with E-state index in [9.17, 15) is 9.59 Å². The van der Waals surface area contributed by atoms with Crippen LogP contribution >= 0.6 is 23.2 Å². The van der Waals surface area contributed by atoms with Crippen molar-refractivity contribution in [3.05, 3.63) is 45.9 Å². The zero-order chi connectivity index (χ0) is 20.8. The Kier molecular flexibility index (Phi) is 7.37. The largest absolute Gasteiger partial charge is 0.493 e. The number of anilines is 1. The van der Waals surface area contributed by atoms with E-state index in [1.807, 2.05) is 6.92 Å². The Morgan fingerprint density at radius 1 is 1.04 bits per heavy atom. The normalized spacial score (nSPS) is 11.9. The number of aryl methyl sites for hydroxylation is 1. The molecule has 1 atom stereocenters. The molecular weight excluding hydrogens is 405 g/mol. The number of ketones is 1. The van der Waals surface area contributed by atoms with Crippen LogP contribution in [0.4, 0.5) is 11.4 Å². The summed E-state index contributed by atoms with van der Waals surface area (Å²) in [6.07, 6.45) is 0. The fourth-order valence-electron chi connectivity index (χ4n) is 2.44. The lowest BCUT2D eigenvalue weighted by Crippen LogP contribution is -2.32. The van der Waals surface area contributed by atoms with Crippen molar-refractivity contribution in [2.24, 2.45) is 10.2 Å². The molecule has 0 bridgehead atoms. The number of halogens is 2. The van der Waals surface area contributed by atoms with Crippen LogP contribution in [0.1, 0.15) is 12.5 Å². The Morgan fingerprint density at radius 2 is 1.71 bits per heavy atom. The number of carbonyl (C=O) groups is 2. The third kappa shape index (κ3) is 5.43. The van der Waals surface area contributed by atoms with Gasteiger partial charge < -0.3 is 14.8 Å². The van der Waals surface area contributed by atoms with Crippen molar-refractivity contribution in [2.45, 2.75) is 19.9 Å². The second-order valence-corrected chi connectivity index (χ2v) is 6.77. The van der Waals surface area contributed by atoms with E-state index >= 15 is 0 Å². The fourth-order valence-corrected chi connectivity index (χ4v) is 2.93. The average Bonchev–Trinajstić information content (AvgIpc) is 2.60. The first-order chi connectivity index (χ1) is 13.2. The Balaban J connectivity index is 2.30. The molecule has 148 valence electrons. The highest BCUT2D eigenvalue weighted by atomic mass is 35.5. The predicted molar refractivity (Wildman–Crippen MR) is 108 cm³/mol. The summed E-state index contributed by atoms with van der Waals surface area (Å²) in [5, 5.41) is 11.3. The zero-order valence-electron chi connectivity index (χ0n) is 15.7. The predicted octanol–water partition coefficient (Wildman–Crippen LogP) is 5.00. The van der Waals surface area contributed by atoms with E-state index < -0.39 is 17.7 Å². The molecule has 0 radical (unpaired) electrons. The first kappa shape index (κ1) is 21.7. The second kappa shape index (κ2) is 9.52. The maximum atomic E-state index is 12.6. The first-order valence-corrected chi connectivity index (χ1v) is 8.91. The molecule has 1 N–H and O–H groups in total. The molecule has 2 aromatic rings. The Hall–Kier alpha value is -2.64. The summed E-state index contributed by atoms with van der Waals surface area (Å²) < 4.78 is 10.5. The quantitative estimate of drug-likeness (QED) is 0.501. The van der Waals surface area contributed by atoms with Gasteiger partial charge in [0.1, 0.15) is 0 Å². The molecule has 1 amide bonds. The van der Waals surface area contributed by atoms with Crippen LogP contribution in [-0.2, 0) is 9.59 Å². The Labute approximate surface area is 172 Å². The van der Waals surface area contributed by atoms with Gasteiger partial charge in [0.05, 0.1) is 25.6 Å². The van der Waals surface area contributed by atoms with E-state index in [1.54, 1.807) is 24.3 Å². The number of amides is 1. The highest BCUT2D eigenvalue weighted by molar-refractivity contribution is 6.31. The van der Waals surface area contributed by atoms with Crippen molar-refractivity contribution in [1.29, 1.82) is 0 Å². The second-order valence-electron chi connectivity index (χ2n) is 5.89. The number of ether oxygens (including phenoxy) is 2. The molecule has 2 aromatic carbocycles. The van der Waals surface area contributed by atoms with Crippen LogP contribution in [0.5, 0.6) is 11.5 Å². The molecule has 0 saturated heterocycles. The Bertz CT molecular complexity index is 911. The molecule has 28 heavy (non-hydrogen) atoms. The summed E-state index contributed by atoms with van der Waals surface area (Å²) in [4.78, 5) is 24.6. The van der Waals surface area contributed by atoms with Gasteiger partial charge >= 0.3 is 0 Å². The van der Waals surface area contributed by atoms with E-state index in [2.05, 4.69) is 15.5 Å². The van der Waals surface area contributed by atoms with Crippen molar-refractivity contribution in [2.75, 3.05) is 19.5 Å². The van der Waals surface area contributed by atoms with Crippen LogP contribution < -0.4 is 14.8 Å². The molecule has 2 rings (SSSR count). The van der Waals surface area contributed by atoms with Crippen LogP contribution in [0.25, 0.3) is 0 Å². The van der Waals surface area contributed by atoms with Gasteiger partial charge in [-0.05, 0) is 43.7 Å². The van der Waals surface area contributed by atoms with Crippen LogP contribution in [0.3, 0.4) is 0 Å². The molecule has 1 unspecified atom stereocenters. The van der Waals surface area contributed by atoms with Crippen LogP contribution in [0.2, 0.25) is 10.0 Å². The number of methoxy groups -OCH3 is 2. The minimum absolute atomic E-state index is 0.247. The van der Waals surface area contributed by atoms with Crippen LogP contribution in [0, 0.1) is 6.92 Å². The van der Waals surface area contributed by atoms with E-state index in [0.717, 1.165) is 5.56 Å². The number of hydrogen-bond donors (Lipinski definition) is 1. The molecule has 0 fully saturated rings. The van der Waals surface area contributed by atoms with Crippen molar-refractivity contribution in [3.8, 4) is 11.5 Å². The van der Waals surface area contributed by atoms with E-state index in [4.69, 9.17) is 32.7 Å². The number of nitrogens with one attached hydrogen (secondary N) is 1. The third-order valence-corrected chi connectivity index (χ3v) is 4.09. The van der Waals surface area contributed by atoms with E-state index in [-0.39, 0.29) is 11.4 Å². The lowest BCUT2D eigenvalue weighted by Gasteiger charge is -2.15. The summed E-state index contributed by atoms with van der Waals surface area (Å²) in [5.41, 5.74) is 1.56. The van der Waals surface area contributed by atoms with Crippen molar-refractivity contribution in [1.82, 2.24) is 0 Å². The molecule has 0 aliphatic heterocycles. The summed E-state index contributed by atoms with van der Waals surface area (Å²) in [7, 11) is 2.87. The summed E-state index contributed by atoms with van der Waals surface area (Å²) in [6, 6.07) is 6.74. The van der Waals surface area contributed by atoms with Gasteiger partial charge in [-0.1, -0.05) is 23.2 Å².